The highest BCUT2D eigenvalue weighted by Gasteiger charge is 2.26. The molecule has 3 aromatic heterocycles. The standard InChI is InChI=1S/C27H28N8O3/c1-3-38-26(37)18(2)34-17-28-23-24(34)30-27(31-25(23)35-22-7-5-4-6-19(22)16-29-35)33-14-12-32(13-15-33)20-8-10-21(36)11-9-20/h4-11,16-18,36H,3,12-15H2,1-2H3. The molecule has 6 rings (SSSR count). The van der Waals surface area contributed by atoms with Gasteiger partial charge >= 0.3 is 5.97 Å². The highest BCUT2D eigenvalue weighted by Crippen LogP contribution is 2.28. The van der Waals surface area contributed by atoms with Crippen molar-refractivity contribution in [2.75, 3.05) is 42.6 Å². The maximum atomic E-state index is 12.6. The van der Waals surface area contributed by atoms with E-state index in [2.05, 4.69) is 19.9 Å². The minimum absolute atomic E-state index is 0.251. The van der Waals surface area contributed by atoms with Crippen LogP contribution < -0.4 is 9.80 Å². The van der Waals surface area contributed by atoms with Crippen LogP contribution in [0.25, 0.3) is 27.9 Å². The zero-order valence-corrected chi connectivity index (χ0v) is 21.2. The monoisotopic (exact) mass is 512 g/mol. The SMILES string of the molecule is CCOC(=O)C(C)n1cnc2c(-n3ncc4ccccc43)nc(N3CCN(c4ccc(O)cc4)CC3)nc21. The van der Waals surface area contributed by atoms with Crippen LogP contribution in [0.1, 0.15) is 19.9 Å². The summed E-state index contributed by atoms with van der Waals surface area (Å²) in [6.07, 6.45) is 3.42. The second-order valence-electron chi connectivity index (χ2n) is 9.20. The normalized spacial score (nSPS) is 14.8. The molecule has 38 heavy (non-hydrogen) atoms. The van der Waals surface area contributed by atoms with Crippen molar-refractivity contribution in [3.8, 4) is 11.6 Å². The molecule has 5 aromatic rings. The lowest BCUT2D eigenvalue weighted by Crippen LogP contribution is -2.47. The molecule has 194 valence electrons. The summed E-state index contributed by atoms with van der Waals surface area (Å²) in [5.74, 6) is 1.01. The Morgan fingerprint density at radius 2 is 1.76 bits per heavy atom. The predicted molar refractivity (Wildman–Crippen MR) is 144 cm³/mol. The number of nitrogens with zero attached hydrogens (tertiary/aromatic N) is 8. The van der Waals surface area contributed by atoms with Crippen molar-refractivity contribution in [2.24, 2.45) is 0 Å². The number of phenolic OH excluding ortho intramolecular Hbond substituents is 1. The fourth-order valence-corrected chi connectivity index (χ4v) is 4.81. The first-order valence-corrected chi connectivity index (χ1v) is 12.7. The van der Waals surface area contributed by atoms with Crippen LogP contribution in [0.2, 0.25) is 0 Å². The molecule has 0 spiro atoms. The number of benzene rings is 2. The molecule has 1 N–H and O–H groups in total. The molecule has 0 bridgehead atoms. The van der Waals surface area contributed by atoms with Crippen molar-refractivity contribution < 1.29 is 14.6 Å². The number of fused-ring (bicyclic) bond motifs is 2. The molecule has 1 aliphatic heterocycles. The van der Waals surface area contributed by atoms with E-state index in [1.54, 1.807) is 47.8 Å². The third-order valence-corrected chi connectivity index (χ3v) is 6.89. The van der Waals surface area contributed by atoms with Crippen LogP contribution in [0.3, 0.4) is 0 Å². The van der Waals surface area contributed by atoms with E-state index in [0.29, 0.717) is 42.6 Å². The quantitative estimate of drug-likeness (QED) is 0.342. The molecule has 0 aliphatic carbocycles. The first-order valence-electron chi connectivity index (χ1n) is 12.7. The summed E-state index contributed by atoms with van der Waals surface area (Å²) in [6, 6.07) is 14.6. The van der Waals surface area contributed by atoms with Crippen LogP contribution in [0.4, 0.5) is 11.6 Å². The minimum atomic E-state index is -0.601. The van der Waals surface area contributed by atoms with Gasteiger partial charge in [0.05, 0.1) is 24.6 Å². The average Bonchev–Trinajstić information content (AvgIpc) is 3.57. The third-order valence-electron chi connectivity index (χ3n) is 6.89. The number of hydrogen-bond donors (Lipinski definition) is 1. The molecule has 11 heteroatoms. The van der Waals surface area contributed by atoms with Gasteiger partial charge in [-0.05, 0) is 44.2 Å². The highest BCUT2D eigenvalue weighted by atomic mass is 16.5. The van der Waals surface area contributed by atoms with Crippen molar-refractivity contribution in [1.82, 2.24) is 29.3 Å². The van der Waals surface area contributed by atoms with Gasteiger partial charge in [-0.25, -0.2) is 14.5 Å². The maximum absolute atomic E-state index is 12.6. The zero-order chi connectivity index (χ0) is 26.2. The number of esters is 1. The molecule has 1 saturated heterocycles. The highest BCUT2D eigenvalue weighted by molar-refractivity contribution is 5.87. The van der Waals surface area contributed by atoms with Gasteiger partial charge in [0.2, 0.25) is 5.95 Å². The summed E-state index contributed by atoms with van der Waals surface area (Å²) in [5.41, 5.74) is 3.07. The van der Waals surface area contributed by atoms with Gasteiger partial charge in [-0.2, -0.15) is 15.1 Å². The lowest BCUT2D eigenvalue weighted by atomic mass is 10.2. The van der Waals surface area contributed by atoms with E-state index in [4.69, 9.17) is 14.7 Å². The maximum Gasteiger partial charge on any atom is 0.328 e. The number of aromatic hydroxyl groups is 1. The van der Waals surface area contributed by atoms with Gasteiger partial charge in [0.25, 0.3) is 0 Å². The first-order chi connectivity index (χ1) is 18.5. The van der Waals surface area contributed by atoms with E-state index in [0.717, 1.165) is 29.7 Å². The lowest BCUT2D eigenvalue weighted by Gasteiger charge is -2.36. The van der Waals surface area contributed by atoms with E-state index in [1.165, 1.54) is 0 Å². The number of carbonyl (C=O) groups is 1. The van der Waals surface area contributed by atoms with Crippen molar-refractivity contribution in [2.45, 2.75) is 19.9 Å². The Hall–Kier alpha value is -4.67. The Kier molecular flexibility index (Phi) is 6.02. The smallest absolute Gasteiger partial charge is 0.328 e. The van der Waals surface area contributed by atoms with Crippen LogP contribution in [-0.4, -0.2) is 73.2 Å². The molecule has 0 amide bonds. The first kappa shape index (κ1) is 23.7. The van der Waals surface area contributed by atoms with E-state index in [9.17, 15) is 9.90 Å². The summed E-state index contributed by atoms with van der Waals surface area (Å²) < 4.78 is 8.78. The van der Waals surface area contributed by atoms with Crippen LogP contribution in [0.15, 0.2) is 61.1 Å². The summed E-state index contributed by atoms with van der Waals surface area (Å²) in [5, 5.41) is 15.2. The topological polar surface area (TPSA) is 114 Å². The molecule has 1 atom stereocenters. The number of ether oxygens (including phenoxy) is 1. The number of rotatable bonds is 6. The number of hydrogen-bond acceptors (Lipinski definition) is 9. The van der Waals surface area contributed by atoms with Gasteiger partial charge < -0.3 is 24.2 Å². The Bertz CT molecular complexity index is 1600. The Labute approximate surface area is 218 Å². The van der Waals surface area contributed by atoms with E-state index >= 15 is 0 Å². The van der Waals surface area contributed by atoms with Crippen LogP contribution in [0, 0.1) is 0 Å². The van der Waals surface area contributed by atoms with Crippen molar-refractivity contribution in [1.29, 1.82) is 0 Å². The second kappa shape index (κ2) is 9.66. The van der Waals surface area contributed by atoms with E-state index in [1.807, 2.05) is 36.4 Å². The third kappa shape index (κ3) is 4.15. The Morgan fingerprint density at radius 3 is 2.53 bits per heavy atom. The molecule has 0 saturated carbocycles. The number of phenols is 1. The molecule has 1 aliphatic rings. The summed E-state index contributed by atoms with van der Waals surface area (Å²) >= 11 is 0. The molecule has 1 unspecified atom stereocenters. The van der Waals surface area contributed by atoms with Crippen LogP contribution in [0.5, 0.6) is 5.75 Å². The van der Waals surface area contributed by atoms with Crippen LogP contribution in [-0.2, 0) is 9.53 Å². The fourth-order valence-electron chi connectivity index (χ4n) is 4.81. The summed E-state index contributed by atoms with van der Waals surface area (Å²) in [7, 11) is 0. The van der Waals surface area contributed by atoms with Crippen LogP contribution >= 0.6 is 0 Å². The molecule has 2 aromatic carbocycles. The van der Waals surface area contributed by atoms with Gasteiger partial charge in [-0.1, -0.05) is 18.2 Å². The van der Waals surface area contributed by atoms with Crippen molar-refractivity contribution >= 4 is 39.7 Å². The van der Waals surface area contributed by atoms with Gasteiger partial charge in [0.15, 0.2) is 17.0 Å². The number of imidazole rings is 1. The molecule has 11 nitrogen and oxygen atoms in total. The van der Waals surface area contributed by atoms with Gasteiger partial charge in [0.1, 0.15) is 11.8 Å². The minimum Gasteiger partial charge on any atom is -0.508 e. The lowest BCUT2D eigenvalue weighted by molar-refractivity contribution is -0.146. The predicted octanol–water partition coefficient (Wildman–Crippen LogP) is 3.32. The molecular weight excluding hydrogens is 484 g/mol. The number of piperazine rings is 1. The average molecular weight is 513 g/mol. The Balaban J connectivity index is 1.41. The summed E-state index contributed by atoms with van der Waals surface area (Å²) in [4.78, 5) is 31.5. The second-order valence-corrected chi connectivity index (χ2v) is 9.20. The zero-order valence-electron chi connectivity index (χ0n) is 21.2. The Morgan fingerprint density at radius 1 is 1.03 bits per heavy atom. The fraction of sp³-hybridized carbons (Fsp3) is 0.296. The summed E-state index contributed by atoms with van der Waals surface area (Å²) in [6.45, 7) is 6.80. The van der Waals surface area contributed by atoms with Gasteiger partial charge in [0, 0.05) is 37.3 Å². The number of para-hydroxylation sites is 1. The van der Waals surface area contributed by atoms with E-state index < -0.39 is 6.04 Å². The molecule has 0 radical (unpaired) electrons. The van der Waals surface area contributed by atoms with E-state index in [-0.39, 0.29) is 11.7 Å². The van der Waals surface area contributed by atoms with Crippen molar-refractivity contribution in [3.05, 3.63) is 61.1 Å². The largest absolute Gasteiger partial charge is 0.508 e. The van der Waals surface area contributed by atoms with Crippen molar-refractivity contribution in [3.63, 3.8) is 0 Å². The number of aromatic nitrogens is 6. The number of anilines is 2. The molecular formula is C27H28N8O3. The number of carbonyl (C=O) groups excluding carboxylic acids is 1. The van der Waals surface area contributed by atoms with Gasteiger partial charge in [-0.15, -0.1) is 0 Å². The molecule has 4 heterocycles. The van der Waals surface area contributed by atoms with Gasteiger partial charge in [-0.3, -0.25) is 0 Å². The molecule has 1 fully saturated rings.